The molecule has 0 amide bonds. The lowest BCUT2D eigenvalue weighted by Gasteiger charge is -2.19. The van der Waals surface area contributed by atoms with Crippen LogP contribution in [0.2, 0.25) is 0 Å². The summed E-state index contributed by atoms with van der Waals surface area (Å²) >= 11 is 0. The van der Waals surface area contributed by atoms with Crippen molar-refractivity contribution in [3.63, 3.8) is 0 Å². The van der Waals surface area contributed by atoms with Gasteiger partial charge in [-0.15, -0.1) is 0 Å². The molecule has 0 saturated carbocycles. The smallest absolute Gasteiger partial charge is 0.262 e. The Labute approximate surface area is 58.2 Å². The van der Waals surface area contributed by atoms with Gasteiger partial charge in [0.15, 0.2) is 0 Å². The molecule has 1 atom stereocenters. The zero-order valence-corrected chi connectivity index (χ0v) is 5.82. The molecule has 0 unspecified atom stereocenters. The van der Waals surface area contributed by atoms with Crippen LogP contribution in [0, 0.1) is 0 Å². The summed E-state index contributed by atoms with van der Waals surface area (Å²) in [5.74, 6) is -2.64. The Morgan fingerprint density at radius 3 is 2.40 bits per heavy atom. The summed E-state index contributed by atoms with van der Waals surface area (Å²) in [7, 11) is 0. The molecule has 0 bridgehead atoms. The van der Waals surface area contributed by atoms with Gasteiger partial charge in [0.1, 0.15) is 0 Å². The SMILES string of the molecule is C[C@]1(CO)CC(F)(F)CN1. The number of hydrogen-bond donors (Lipinski definition) is 2. The van der Waals surface area contributed by atoms with E-state index in [1.54, 1.807) is 6.92 Å². The molecule has 0 aromatic carbocycles. The standard InChI is InChI=1S/C6H11F2NO/c1-5(4-10)2-6(7,8)3-9-5/h9-10H,2-4H2,1H3/t5-/m1/s1. The molecule has 10 heavy (non-hydrogen) atoms. The minimum atomic E-state index is -2.64. The van der Waals surface area contributed by atoms with Gasteiger partial charge in [0.05, 0.1) is 13.2 Å². The first kappa shape index (κ1) is 7.88. The average Bonchev–Trinajstić information content (AvgIpc) is 2.08. The summed E-state index contributed by atoms with van der Waals surface area (Å²) in [4.78, 5) is 0. The third kappa shape index (κ3) is 1.44. The summed E-state index contributed by atoms with van der Waals surface area (Å²) in [6, 6.07) is 0. The Morgan fingerprint density at radius 1 is 1.60 bits per heavy atom. The molecule has 1 rings (SSSR count). The molecule has 0 spiro atoms. The van der Waals surface area contributed by atoms with Crippen molar-refractivity contribution in [2.45, 2.75) is 24.8 Å². The van der Waals surface area contributed by atoms with Crippen LogP contribution in [0.25, 0.3) is 0 Å². The summed E-state index contributed by atoms with van der Waals surface area (Å²) in [6.45, 7) is 1.04. The van der Waals surface area contributed by atoms with Crippen molar-refractivity contribution in [1.82, 2.24) is 5.32 Å². The lowest BCUT2D eigenvalue weighted by atomic mass is 10.0. The van der Waals surface area contributed by atoms with E-state index in [4.69, 9.17) is 5.11 Å². The molecule has 2 N–H and O–H groups in total. The van der Waals surface area contributed by atoms with Crippen LogP contribution in [0.4, 0.5) is 8.78 Å². The second kappa shape index (κ2) is 2.13. The molecule has 4 heteroatoms. The van der Waals surface area contributed by atoms with Crippen LogP contribution in [0.1, 0.15) is 13.3 Å². The van der Waals surface area contributed by atoms with Crippen LogP contribution < -0.4 is 5.32 Å². The highest BCUT2D eigenvalue weighted by Gasteiger charge is 2.45. The summed E-state index contributed by atoms with van der Waals surface area (Å²) in [6.07, 6.45) is -0.267. The molecule has 60 valence electrons. The summed E-state index contributed by atoms with van der Waals surface area (Å²) < 4.78 is 24.9. The van der Waals surface area contributed by atoms with Crippen molar-refractivity contribution in [2.75, 3.05) is 13.2 Å². The third-order valence-corrected chi connectivity index (χ3v) is 1.77. The number of aliphatic hydroxyl groups is 1. The number of halogens is 2. The van der Waals surface area contributed by atoms with E-state index in [9.17, 15) is 8.78 Å². The molecule has 0 aromatic rings. The molecule has 0 radical (unpaired) electrons. The van der Waals surface area contributed by atoms with Gasteiger partial charge in [-0.1, -0.05) is 0 Å². The summed E-state index contributed by atoms with van der Waals surface area (Å²) in [5.41, 5.74) is -0.774. The molecule has 1 heterocycles. The molecule has 0 aromatic heterocycles. The van der Waals surface area contributed by atoms with Gasteiger partial charge in [0.2, 0.25) is 0 Å². The van der Waals surface area contributed by atoms with Crippen molar-refractivity contribution >= 4 is 0 Å². The maximum absolute atomic E-state index is 12.5. The Morgan fingerprint density at radius 2 is 2.20 bits per heavy atom. The maximum Gasteiger partial charge on any atom is 0.262 e. The zero-order chi connectivity index (χ0) is 7.83. The quantitative estimate of drug-likeness (QED) is 0.567. The second-order valence-electron chi connectivity index (χ2n) is 3.11. The zero-order valence-electron chi connectivity index (χ0n) is 5.82. The van der Waals surface area contributed by atoms with E-state index >= 15 is 0 Å². The molecule has 1 aliphatic heterocycles. The van der Waals surface area contributed by atoms with E-state index in [0.717, 1.165) is 0 Å². The van der Waals surface area contributed by atoms with Crippen molar-refractivity contribution in [3.8, 4) is 0 Å². The topological polar surface area (TPSA) is 32.3 Å². The second-order valence-corrected chi connectivity index (χ2v) is 3.11. The van der Waals surface area contributed by atoms with Crippen LogP contribution in [-0.2, 0) is 0 Å². The Bertz CT molecular complexity index is 140. The Kier molecular flexibility index (Phi) is 1.68. The van der Waals surface area contributed by atoms with Crippen LogP contribution in [0.5, 0.6) is 0 Å². The van der Waals surface area contributed by atoms with E-state index in [0.29, 0.717) is 0 Å². The maximum atomic E-state index is 12.5. The fraction of sp³-hybridized carbons (Fsp3) is 1.00. The Hall–Kier alpha value is -0.220. The first-order chi connectivity index (χ1) is 4.47. The van der Waals surface area contributed by atoms with Crippen molar-refractivity contribution < 1.29 is 13.9 Å². The highest BCUT2D eigenvalue weighted by molar-refractivity contribution is 4.96. The largest absolute Gasteiger partial charge is 0.394 e. The van der Waals surface area contributed by atoms with Crippen molar-refractivity contribution in [2.24, 2.45) is 0 Å². The molecule has 0 aliphatic carbocycles. The van der Waals surface area contributed by atoms with E-state index in [1.807, 2.05) is 0 Å². The molecular formula is C6H11F2NO. The average molecular weight is 151 g/mol. The lowest BCUT2D eigenvalue weighted by molar-refractivity contribution is 0.0127. The highest BCUT2D eigenvalue weighted by Crippen LogP contribution is 2.31. The van der Waals surface area contributed by atoms with Gasteiger partial charge in [-0.05, 0) is 6.92 Å². The van der Waals surface area contributed by atoms with E-state index < -0.39 is 11.5 Å². The predicted octanol–water partition coefficient (Wildman–Crippen LogP) is 0.366. The number of rotatable bonds is 1. The van der Waals surface area contributed by atoms with E-state index in [1.165, 1.54) is 0 Å². The van der Waals surface area contributed by atoms with Gasteiger partial charge >= 0.3 is 0 Å². The molecule has 1 aliphatic rings. The lowest BCUT2D eigenvalue weighted by Crippen LogP contribution is -2.39. The predicted molar refractivity (Wildman–Crippen MR) is 33.1 cm³/mol. The number of aliphatic hydroxyl groups excluding tert-OH is 1. The van der Waals surface area contributed by atoms with Gasteiger partial charge in [-0.25, -0.2) is 8.78 Å². The Balaban J connectivity index is 2.57. The molecule has 1 saturated heterocycles. The van der Waals surface area contributed by atoms with Gasteiger partial charge in [0.25, 0.3) is 5.92 Å². The molecule has 2 nitrogen and oxygen atoms in total. The van der Waals surface area contributed by atoms with Gasteiger partial charge in [-0.2, -0.15) is 0 Å². The third-order valence-electron chi connectivity index (χ3n) is 1.77. The van der Waals surface area contributed by atoms with Crippen LogP contribution >= 0.6 is 0 Å². The van der Waals surface area contributed by atoms with Gasteiger partial charge < -0.3 is 10.4 Å². The fourth-order valence-corrected chi connectivity index (χ4v) is 1.15. The summed E-state index contributed by atoms with van der Waals surface area (Å²) in [5, 5.41) is 11.2. The van der Waals surface area contributed by atoms with Gasteiger partial charge in [0, 0.05) is 12.0 Å². The minimum Gasteiger partial charge on any atom is -0.394 e. The first-order valence-electron chi connectivity index (χ1n) is 3.21. The molecule has 1 fully saturated rings. The van der Waals surface area contributed by atoms with Crippen LogP contribution in [0.15, 0.2) is 0 Å². The number of alkyl halides is 2. The number of hydrogen-bond acceptors (Lipinski definition) is 2. The van der Waals surface area contributed by atoms with Crippen LogP contribution in [0.3, 0.4) is 0 Å². The normalized spacial score (nSPS) is 38.4. The fourth-order valence-electron chi connectivity index (χ4n) is 1.15. The molecular weight excluding hydrogens is 140 g/mol. The van der Waals surface area contributed by atoms with Crippen LogP contribution in [-0.4, -0.2) is 29.7 Å². The van der Waals surface area contributed by atoms with Gasteiger partial charge in [-0.3, -0.25) is 0 Å². The number of nitrogens with one attached hydrogen (secondary N) is 1. The van der Waals surface area contributed by atoms with Crippen molar-refractivity contribution in [1.29, 1.82) is 0 Å². The van der Waals surface area contributed by atoms with E-state index in [-0.39, 0.29) is 19.6 Å². The van der Waals surface area contributed by atoms with E-state index in [2.05, 4.69) is 5.32 Å². The highest BCUT2D eigenvalue weighted by atomic mass is 19.3. The monoisotopic (exact) mass is 151 g/mol. The first-order valence-corrected chi connectivity index (χ1v) is 3.21. The van der Waals surface area contributed by atoms with Crippen molar-refractivity contribution in [3.05, 3.63) is 0 Å². The minimum absolute atomic E-state index is 0.234.